The Bertz CT molecular complexity index is 671. The lowest BCUT2D eigenvalue weighted by Gasteiger charge is -2.15. The van der Waals surface area contributed by atoms with Crippen molar-refractivity contribution in [2.45, 2.75) is 13.1 Å². The van der Waals surface area contributed by atoms with E-state index in [2.05, 4.69) is 9.97 Å². The van der Waals surface area contributed by atoms with Crippen LogP contribution in [-0.4, -0.2) is 27.7 Å². The van der Waals surface area contributed by atoms with Crippen LogP contribution in [0, 0.1) is 0 Å². The van der Waals surface area contributed by atoms with Crippen molar-refractivity contribution in [2.75, 3.05) is 6.61 Å². The van der Waals surface area contributed by atoms with Crippen LogP contribution < -0.4 is 4.74 Å². The maximum absolute atomic E-state index is 12.9. The minimum Gasteiger partial charge on any atom is -0.492 e. The molecule has 0 radical (unpaired) electrons. The normalized spacial score (nSPS) is 11.6. The number of ether oxygens (including phenoxy) is 1. The van der Waals surface area contributed by atoms with Crippen molar-refractivity contribution in [3.05, 3.63) is 29.6 Å². The minimum absolute atomic E-state index is 0.0194. The second kappa shape index (κ2) is 4.95. The van der Waals surface area contributed by atoms with E-state index >= 15 is 0 Å². The lowest BCUT2D eigenvalue weighted by atomic mass is 10.1. The summed E-state index contributed by atoms with van der Waals surface area (Å²) in [7, 11) is 0. The maximum atomic E-state index is 12.9. The molecule has 2 heterocycles. The van der Waals surface area contributed by atoms with Gasteiger partial charge < -0.3 is 9.84 Å². The molecule has 2 aromatic heterocycles. The molecule has 0 amide bonds. The van der Waals surface area contributed by atoms with Crippen molar-refractivity contribution < 1.29 is 27.8 Å². The summed E-state index contributed by atoms with van der Waals surface area (Å²) < 4.78 is 43.9. The summed E-state index contributed by atoms with van der Waals surface area (Å²) in [5.74, 6) is -2.12. The third-order valence-corrected chi connectivity index (χ3v) is 2.48. The molecular formula is C12H9F3N2O3. The quantitative estimate of drug-likeness (QED) is 0.939. The van der Waals surface area contributed by atoms with Crippen molar-refractivity contribution >= 4 is 17.0 Å². The van der Waals surface area contributed by atoms with Crippen LogP contribution in [0.2, 0.25) is 0 Å². The van der Waals surface area contributed by atoms with E-state index in [9.17, 15) is 18.0 Å². The van der Waals surface area contributed by atoms with Crippen LogP contribution >= 0.6 is 0 Å². The van der Waals surface area contributed by atoms with E-state index in [1.807, 2.05) is 0 Å². The molecule has 0 saturated carbocycles. The van der Waals surface area contributed by atoms with Crippen LogP contribution in [0.3, 0.4) is 0 Å². The molecule has 0 spiro atoms. The third-order valence-electron chi connectivity index (χ3n) is 2.48. The lowest BCUT2D eigenvalue weighted by Crippen LogP contribution is -2.17. The zero-order chi connectivity index (χ0) is 14.9. The summed E-state index contributed by atoms with van der Waals surface area (Å²) in [6.07, 6.45) is -3.64. The van der Waals surface area contributed by atoms with Gasteiger partial charge in [0.25, 0.3) is 0 Å². The van der Waals surface area contributed by atoms with E-state index < -0.39 is 23.4 Å². The van der Waals surface area contributed by atoms with Crippen molar-refractivity contribution in [2.24, 2.45) is 0 Å². The molecule has 5 nitrogen and oxygen atoms in total. The Labute approximate surface area is 111 Å². The first-order valence-electron chi connectivity index (χ1n) is 5.58. The van der Waals surface area contributed by atoms with Gasteiger partial charge in [-0.2, -0.15) is 13.2 Å². The van der Waals surface area contributed by atoms with Crippen LogP contribution in [0.4, 0.5) is 13.2 Å². The largest absolute Gasteiger partial charge is 0.492 e. The van der Waals surface area contributed by atoms with Gasteiger partial charge in [-0.1, -0.05) is 0 Å². The number of rotatable bonds is 3. The van der Waals surface area contributed by atoms with Gasteiger partial charge in [-0.15, -0.1) is 0 Å². The molecule has 0 atom stereocenters. The summed E-state index contributed by atoms with van der Waals surface area (Å²) in [6, 6.07) is 2.87. The maximum Gasteiger partial charge on any atom is 0.434 e. The van der Waals surface area contributed by atoms with E-state index in [0.29, 0.717) is 0 Å². The first kappa shape index (κ1) is 14.0. The predicted molar refractivity (Wildman–Crippen MR) is 62.7 cm³/mol. The number of aromatic nitrogens is 2. The van der Waals surface area contributed by atoms with Gasteiger partial charge in [0, 0.05) is 6.20 Å². The highest BCUT2D eigenvalue weighted by Crippen LogP contribution is 2.38. The molecule has 2 rings (SSSR count). The summed E-state index contributed by atoms with van der Waals surface area (Å²) >= 11 is 0. The number of hydrogen-bond donors (Lipinski definition) is 1. The van der Waals surface area contributed by atoms with Crippen LogP contribution in [0.5, 0.6) is 5.75 Å². The first-order valence-corrected chi connectivity index (χ1v) is 5.58. The third kappa shape index (κ3) is 2.36. The fourth-order valence-electron chi connectivity index (χ4n) is 1.77. The fourth-order valence-corrected chi connectivity index (χ4v) is 1.77. The molecule has 20 heavy (non-hydrogen) atoms. The second-order valence-electron chi connectivity index (χ2n) is 3.78. The number of carboxylic acid groups (broad SMARTS) is 1. The highest BCUT2D eigenvalue weighted by Gasteiger charge is 2.40. The van der Waals surface area contributed by atoms with Gasteiger partial charge in [0.2, 0.25) is 0 Å². The lowest BCUT2D eigenvalue weighted by molar-refractivity contribution is -0.141. The Morgan fingerprint density at radius 3 is 2.70 bits per heavy atom. The molecule has 0 fully saturated rings. The Morgan fingerprint density at radius 1 is 1.45 bits per heavy atom. The smallest absolute Gasteiger partial charge is 0.434 e. The summed E-state index contributed by atoms with van der Waals surface area (Å²) in [5.41, 5.74) is -2.73. The van der Waals surface area contributed by atoms with Crippen LogP contribution in [0.25, 0.3) is 11.0 Å². The van der Waals surface area contributed by atoms with Crippen molar-refractivity contribution in [3.8, 4) is 5.75 Å². The first-order chi connectivity index (χ1) is 9.36. The number of carboxylic acids is 1. The number of hydrogen-bond acceptors (Lipinski definition) is 4. The second-order valence-corrected chi connectivity index (χ2v) is 3.78. The number of alkyl halides is 3. The highest BCUT2D eigenvalue weighted by molar-refractivity contribution is 5.99. The standard InChI is InChI=1S/C12H9F3N2O3/c1-2-20-8-6-4-3-5-16-10(6)17-9(12(13,14)15)7(8)11(18)19/h3-5H,2H2,1H3,(H,18,19). The highest BCUT2D eigenvalue weighted by atomic mass is 19.4. The molecule has 0 aliphatic heterocycles. The minimum atomic E-state index is -4.91. The van der Waals surface area contributed by atoms with Gasteiger partial charge in [0.1, 0.15) is 11.3 Å². The van der Waals surface area contributed by atoms with Crippen molar-refractivity contribution in [3.63, 3.8) is 0 Å². The van der Waals surface area contributed by atoms with E-state index in [4.69, 9.17) is 9.84 Å². The molecular weight excluding hydrogens is 277 g/mol. The van der Waals surface area contributed by atoms with Crippen LogP contribution in [0.15, 0.2) is 18.3 Å². The Balaban J connectivity index is 2.92. The van der Waals surface area contributed by atoms with Gasteiger partial charge in [-0.05, 0) is 19.1 Å². The molecule has 8 heteroatoms. The Kier molecular flexibility index (Phi) is 3.47. The average molecular weight is 286 g/mol. The molecule has 1 N–H and O–H groups in total. The molecule has 0 aliphatic carbocycles. The molecule has 0 unspecified atom stereocenters. The van der Waals surface area contributed by atoms with E-state index in [1.54, 1.807) is 6.92 Å². The average Bonchev–Trinajstić information content (AvgIpc) is 2.37. The van der Waals surface area contributed by atoms with E-state index in [1.165, 1.54) is 18.3 Å². The molecule has 0 saturated heterocycles. The van der Waals surface area contributed by atoms with E-state index in [0.717, 1.165) is 0 Å². The number of aromatic carboxylic acids is 1. The topological polar surface area (TPSA) is 72.3 Å². The van der Waals surface area contributed by atoms with Crippen molar-refractivity contribution in [1.82, 2.24) is 9.97 Å². The predicted octanol–water partition coefficient (Wildman–Crippen LogP) is 2.75. The number of halogens is 3. The molecule has 0 aromatic carbocycles. The summed E-state index contributed by atoms with van der Waals surface area (Å²) in [4.78, 5) is 18.2. The van der Waals surface area contributed by atoms with Gasteiger partial charge in [0.15, 0.2) is 11.3 Å². The number of pyridine rings is 2. The number of nitrogens with zero attached hydrogens (tertiary/aromatic N) is 2. The molecule has 2 aromatic rings. The van der Waals surface area contributed by atoms with Gasteiger partial charge >= 0.3 is 12.1 Å². The van der Waals surface area contributed by atoms with E-state index in [-0.39, 0.29) is 23.4 Å². The van der Waals surface area contributed by atoms with Crippen molar-refractivity contribution in [1.29, 1.82) is 0 Å². The SMILES string of the molecule is CCOc1c(C(=O)O)c(C(F)(F)F)nc2ncccc12. The number of fused-ring (bicyclic) bond motifs is 1. The van der Waals surface area contributed by atoms with Gasteiger partial charge in [-0.3, -0.25) is 0 Å². The zero-order valence-corrected chi connectivity index (χ0v) is 10.2. The fraction of sp³-hybridized carbons (Fsp3) is 0.250. The Hall–Kier alpha value is -2.38. The van der Waals surface area contributed by atoms with Crippen LogP contribution in [0.1, 0.15) is 23.0 Å². The summed E-state index contributed by atoms with van der Waals surface area (Å²) in [5, 5.41) is 9.18. The van der Waals surface area contributed by atoms with Crippen LogP contribution in [-0.2, 0) is 6.18 Å². The molecule has 0 bridgehead atoms. The van der Waals surface area contributed by atoms with Gasteiger partial charge in [-0.25, -0.2) is 14.8 Å². The van der Waals surface area contributed by atoms with Gasteiger partial charge in [0.05, 0.1) is 12.0 Å². The molecule has 106 valence electrons. The Morgan fingerprint density at radius 2 is 2.15 bits per heavy atom. The monoisotopic (exact) mass is 286 g/mol. The number of carbonyl (C=O) groups is 1. The molecule has 0 aliphatic rings. The zero-order valence-electron chi connectivity index (χ0n) is 10.2. The summed E-state index contributed by atoms with van der Waals surface area (Å²) in [6.45, 7) is 1.56.